The number of hydrogen-bond acceptors (Lipinski definition) is 5. The van der Waals surface area contributed by atoms with Crippen LogP contribution < -0.4 is 15.2 Å². The number of anilines is 1. The van der Waals surface area contributed by atoms with Gasteiger partial charge in [0.25, 0.3) is 6.01 Å². The van der Waals surface area contributed by atoms with Gasteiger partial charge in [-0.1, -0.05) is 0 Å². The summed E-state index contributed by atoms with van der Waals surface area (Å²) in [5.74, 6) is 2.19. The Hall–Kier alpha value is -2.17. The Labute approximate surface area is 99.2 Å². The van der Waals surface area contributed by atoms with Crippen molar-refractivity contribution in [2.24, 2.45) is 0 Å². The number of hydrogen-bond donors (Lipinski definition) is 1. The van der Waals surface area contributed by atoms with Crippen LogP contribution in [0, 0.1) is 0 Å². The number of nitrogen functional groups attached to an aromatic ring is 1. The molecule has 2 aromatic rings. The first-order valence-electron chi connectivity index (χ1n) is 5.13. The van der Waals surface area contributed by atoms with Crippen molar-refractivity contribution >= 4 is 6.01 Å². The van der Waals surface area contributed by atoms with Gasteiger partial charge in [-0.05, 0) is 17.7 Å². The molecule has 1 aromatic carbocycles. The lowest BCUT2D eigenvalue weighted by atomic mass is 10.1. The third-order valence-corrected chi connectivity index (χ3v) is 2.36. The minimum Gasteiger partial charge on any atom is -0.497 e. The summed E-state index contributed by atoms with van der Waals surface area (Å²) in [6.45, 7) is 0. The predicted octanol–water partition coefficient (Wildman–Crippen LogP) is 1.86. The van der Waals surface area contributed by atoms with E-state index < -0.39 is 0 Å². The number of ether oxygens (including phenoxy) is 2. The molecule has 0 radical (unpaired) electrons. The molecule has 5 heteroatoms. The van der Waals surface area contributed by atoms with Crippen molar-refractivity contribution in [2.75, 3.05) is 20.0 Å². The molecule has 0 atom stereocenters. The summed E-state index contributed by atoms with van der Waals surface area (Å²) in [5.41, 5.74) is 6.43. The summed E-state index contributed by atoms with van der Waals surface area (Å²) in [4.78, 5) is 3.85. The van der Waals surface area contributed by atoms with E-state index in [9.17, 15) is 0 Å². The molecule has 0 unspecified atom stereocenters. The van der Waals surface area contributed by atoms with Crippen LogP contribution in [0.3, 0.4) is 0 Å². The first kappa shape index (κ1) is 11.3. The zero-order valence-corrected chi connectivity index (χ0v) is 9.77. The van der Waals surface area contributed by atoms with Crippen molar-refractivity contribution in [1.29, 1.82) is 0 Å². The van der Waals surface area contributed by atoms with E-state index in [0.29, 0.717) is 12.2 Å². The van der Waals surface area contributed by atoms with Crippen molar-refractivity contribution < 1.29 is 13.9 Å². The van der Waals surface area contributed by atoms with Gasteiger partial charge in [0.05, 0.1) is 20.4 Å². The number of aromatic nitrogens is 1. The maximum Gasteiger partial charge on any atom is 0.292 e. The van der Waals surface area contributed by atoms with Crippen molar-refractivity contribution in [3.63, 3.8) is 0 Å². The molecule has 0 saturated heterocycles. The van der Waals surface area contributed by atoms with Gasteiger partial charge >= 0.3 is 0 Å². The van der Waals surface area contributed by atoms with Gasteiger partial charge < -0.3 is 19.6 Å². The number of rotatable bonds is 4. The molecule has 1 aromatic heterocycles. The first-order chi connectivity index (χ1) is 8.21. The van der Waals surface area contributed by atoms with Gasteiger partial charge in [0, 0.05) is 12.5 Å². The van der Waals surface area contributed by atoms with Crippen molar-refractivity contribution in [2.45, 2.75) is 6.42 Å². The summed E-state index contributed by atoms with van der Waals surface area (Å²) in [6, 6.07) is 5.83. The average Bonchev–Trinajstić information content (AvgIpc) is 2.74. The topological polar surface area (TPSA) is 70.5 Å². The van der Waals surface area contributed by atoms with E-state index in [1.54, 1.807) is 20.4 Å². The smallest absolute Gasteiger partial charge is 0.292 e. The number of methoxy groups -OCH3 is 2. The fourth-order valence-electron chi connectivity index (χ4n) is 1.57. The molecular weight excluding hydrogens is 220 g/mol. The zero-order chi connectivity index (χ0) is 12.3. The Kier molecular flexibility index (Phi) is 3.18. The van der Waals surface area contributed by atoms with Crippen LogP contribution in [-0.4, -0.2) is 19.2 Å². The van der Waals surface area contributed by atoms with E-state index in [4.69, 9.17) is 19.6 Å². The molecule has 0 aliphatic heterocycles. The second kappa shape index (κ2) is 4.78. The summed E-state index contributed by atoms with van der Waals surface area (Å²) in [7, 11) is 3.23. The normalized spacial score (nSPS) is 10.2. The molecule has 5 nitrogen and oxygen atoms in total. The van der Waals surface area contributed by atoms with Gasteiger partial charge in [-0.15, -0.1) is 0 Å². The standard InChI is InChI=1S/C12H14N2O3/c1-15-9-3-8(4-10(6-9)16-2)5-11-7-14-12(13)17-11/h3-4,6-7H,5H2,1-2H3,(H2,13,14). The highest BCUT2D eigenvalue weighted by Crippen LogP contribution is 2.24. The molecular formula is C12H14N2O3. The molecule has 2 N–H and O–H groups in total. The lowest BCUT2D eigenvalue weighted by molar-refractivity contribution is 0.393. The number of benzene rings is 1. The van der Waals surface area contributed by atoms with Crippen LogP contribution in [-0.2, 0) is 6.42 Å². The third kappa shape index (κ3) is 2.69. The van der Waals surface area contributed by atoms with Crippen LogP contribution in [0.5, 0.6) is 11.5 Å². The van der Waals surface area contributed by atoms with Gasteiger partial charge in [-0.2, -0.15) is 0 Å². The zero-order valence-electron chi connectivity index (χ0n) is 9.77. The Morgan fingerprint density at radius 1 is 1.18 bits per heavy atom. The van der Waals surface area contributed by atoms with Gasteiger partial charge in [0.1, 0.15) is 17.3 Å². The molecule has 1 heterocycles. The summed E-state index contributed by atoms with van der Waals surface area (Å²) < 4.78 is 15.6. The maximum atomic E-state index is 5.42. The minimum atomic E-state index is 0.176. The molecule has 17 heavy (non-hydrogen) atoms. The molecule has 0 fully saturated rings. The van der Waals surface area contributed by atoms with E-state index >= 15 is 0 Å². The molecule has 0 spiro atoms. The van der Waals surface area contributed by atoms with Crippen molar-refractivity contribution in [3.05, 3.63) is 35.7 Å². The van der Waals surface area contributed by atoms with Crippen LogP contribution in [0.2, 0.25) is 0 Å². The number of nitrogens with zero attached hydrogens (tertiary/aromatic N) is 1. The molecule has 2 rings (SSSR count). The Morgan fingerprint density at radius 3 is 2.29 bits per heavy atom. The van der Waals surface area contributed by atoms with Crippen LogP contribution in [0.4, 0.5) is 6.01 Å². The third-order valence-electron chi connectivity index (χ3n) is 2.36. The van der Waals surface area contributed by atoms with E-state index in [1.807, 2.05) is 18.2 Å². The SMILES string of the molecule is COc1cc(Cc2cnc(N)o2)cc(OC)c1. The van der Waals surface area contributed by atoms with E-state index in [1.165, 1.54) is 0 Å². The Balaban J connectivity index is 2.25. The first-order valence-corrected chi connectivity index (χ1v) is 5.13. The van der Waals surface area contributed by atoms with Crippen LogP contribution in [0.25, 0.3) is 0 Å². The number of nitrogens with two attached hydrogens (primary N) is 1. The molecule has 90 valence electrons. The second-order valence-electron chi connectivity index (χ2n) is 3.56. The highest BCUT2D eigenvalue weighted by molar-refractivity contribution is 5.39. The van der Waals surface area contributed by atoms with E-state index in [-0.39, 0.29) is 6.01 Å². The van der Waals surface area contributed by atoms with Crippen LogP contribution in [0.1, 0.15) is 11.3 Å². The highest BCUT2D eigenvalue weighted by Gasteiger charge is 2.06. The highest BCUT2D eigenvalue weighted by atomic mass is 16.5. The maximum absolute atomic E-state index is 5.42. The molecule has 0 saturated carbocycles. The van der Waals surface area contributed by atoms with Gasteiger partial charge in [-0.25, -0.2) is 4.98 Å². The summed E-state index contributed by atoms with van der Waals surface area (Å²) in [5, 5.41) is 0. The fourth-order valence-corrected chi connectivity index (χ4v) is 1.57. The molecule has 0 amide bonds. The summed E-state index contributed by atoms with van der Waals surface area (Å²) in [6.07, 6.45) is 2.21. The second-order valence-corrected chi connectivity index (χ2v) is 3.56. The van der Waals surface area contributed by atoms with Crippen molar-refractivity contribution in [3.8, 4) is 11.5 Å². The lowest BCUT2D eigenvalue weighted by Crippen LogP contribution is -1.92. The minimum absolute atomic E-state index is 0.176. The molecule has 0 aliphatic carbocycles. The van der Waals surface area contributed by atoms with Crippen LogP contribution >= 0.6 is 0 Å². The monoisotopic (exact) mass is 234 g/mol. The fraction of sp³-hybridized carbons (Fsp3) is 0.250. The van der Waals surface area contributed by atoms with Gasteiger partial charge in [0.2, 0.25) is 0 Å². The lowest BCUT2D eigenvalue weighted by Gasteiger charge is -2.07. The largest absolute Gasteiger partial charge is 0.497 e. The quantitative estimate of drug-likeness (QED) is 0.874. The predicted molar refractivity (Wildman–Crippen MR) is 63.3 cm³/mol. The Morgan fingerprint density at radius 2 is 1.82 bits per heavy atom. The van der Waals surface area contributed by atoms with E-state index in [0.717, 1.165) is 17.1 Å². The summed E-state index contributed by atoms with van der Waals surface area (Å²) >= 11 is 0. The van der Waals surface area contributed by atoms with Gasteiger partial charge in [0.15, 0.2) is 0 Å². The van der Waals surface area contributed by atoms with Crippen LogP contribution in [0.15, 0.2) is 28.8 Å². The van der Waals surface area contributed by atoms with Crippen molar-refractivity contribution in [1.82, 2.24) is 4.98 Å². The number of oxazole rings is 1. The van der Waals surface area contributed by atoms with E-state index in [2.05, 4.69) is 4.98 Å². The molecule has 0 bridgehead atoms. The molecule has 0 aliphatic rings. The average molecular weight is 234 g/mol. The van der Waals surface area contributed by atoms with Gasteiger partial charge in [-0.3, -0.25) is 0 Å². The Bertz CT molecular complexity index is 486.